The highest BCUT2D eigenvalue weighted by molar-refractivity contribution is 6.13. The van der Waals surface area contributed by atoms with E-state index in [0.29, 0.717) is 24.2 Å². The van der Waals surface area contributed by atoms with Crippen molar-refractivity contribution < 1.29 is 28.2 Å². The summed E-state index contributed by atoms with van der Waals surface area (Å²) in [5, 5.41) is 14.4. The fourth-order valence-electron chi connectivity index (χ4n) is 2.68. The molecule has 1 aromatic rings. The summed E-state index contributed by atoms with van der Waals surface area (Å²) in [6, 6.07) is 3.85. The summed E-state index contributed by atoms with van der Waals surface area (Å²) >= 11 is 0. The first kappa shape index (κ1) is 17.9. The molecule has 26 heavy (non-hydrogen) atoms. The van der Waals surface area contributed by atoms with Gasteiger partial charge >= 0.3 is 0 Å². The predicted molar refractivity (Wildman–Crippen MR) is 89.7 cm³/mol. The van der Waals surface area contributed by atoms with Crippen LogP contribution in [0.5, 0.6) is 5.75 Å². The molecule has 1 atom stereocenters. The lowest BCUT2D eigenvalue weighted by molar-refractivity contribution is -0.133. The molecule has 2 aliphatic rings. The Morgan fingerprint density at radius 1 is 1.23 bits per heavy atom. The Kier molecular flexibility index (Phi) is 4.67. The number of hydrogen-bond acceptors (Lipinski definition) is 4. The predicted octanol–water partition coefficient (Wildman–Crippen LogP) is 2.74. The molecular weight excluding hydrogens is 346 g/mol. The standard InChI is InChI=1S/C18H18F2N2O4/c1-26-15-9-11(2-4-12(15)19)22-17(25)18(6-7-18)16(24)21-10-3-5-14(23)13(20)8-10/h2-5,9,13,23H,6-8H2,1H3,(H,21,24)(H,22,25). The average molecular weight is 364 g/mol. The van der Waals surface area contributed by atoms with Crippen LogP contribution in [0, 0.1) is 11.2 Å². The van der Waals surface area contributed by atoms with Gasteiger partial charge in [0.05, 0.1) is 7.11 Å². The number of methoxy groups -OCH3 is 1. The van der Waals surface area contributed by atoms with Crippen LogP contribution < -0.4 is 15.4 Å². The van der Waals surface area contributed by atoms with Crippen molar-refractivity contribution in [1.29, 1.82) is 0 Å². The van der Waals surface area contributed by atoms with Gasteiger partial charge in [0.25, 0.3) is 0 Å². The highest BCUT2D eigenvalue weighted by Gasteiger charge is 2.56. The number of nitrogens with one attached hydrogen (secondary N) is 2. The molecule has 1 saturated carbocycles. The number of allylic oxidation sites excluding steroid dienone is 4. The van der Waals surface area contributed by atoms with Crippen molar-refractivity contribution in [3.63, 3.8) is 0 Å². The minimum Gasteiger partial charge on any atom is -0.509 e. The first-order valence-corrected chi connectivity index (χ1v) is 8.06. The second-order valence-corrected chi connectivity index (χ2v) is 6.29. The summed E-state index contributed by atoms with van der Waals surface area (Å²) in [4.78, 5) is 25.0. The van der Waals surface area contributed by atoms with Gasteiger partial charge in [-0.1, -0.05) is 0 Å². The third-order valence-corrected chi connectivity index (χ3v) is 4.48. The Balaban J connectivity index is 1.68. The summed E-state index contributed by atoms with van der Waals surface area (Å²) in [6.07, 6.45) is 1.55. The van der Waals surface area contributed by atoms with Crippen LogP contribution in [0.25, 0.3) is 0 Å². The molecule has 3 rings (SSSR count). The topological polar surface area (TPSA) is 87.7 Å². The molecule has 0 heterocycles. The Labute approximate surface area is 148 Å². The Morgan fingerprint density at radius 3 is 2.54 bits per heavy atom. The van der Waals surface area contributed by atoms with Crippen LogP contribution in [0.15, 0.2) is 41.8 Å². The van der Waals surface area contributed by atoms with Gasteiger partial charge in [-0.05, 0) is 37.1 Å². The lowest BCUT2D eigenvalue weighted by atomic mass is 10.0. The average Bonchev–Trinajstić information content (AvgIpc) is 3.42. The number of hydrogen-bond donors (Lipinski definition) is 3. The van der Waals surface area contributed by atoms with Gasteiger partial charge in [0.1, 0.15) is 11.2 Å². The number of carbonyl (C=O) groups excluding carboxylic acids is 2. The number of anilines is 1. The smallest absolute Gasteiger partial charge is 0.240 e. The minimum atomic E-state index is -1.58. The van der Waals surface area contributed by atoms with Gasteiger partial charge in [0, 0.05) is 23.9 Å². The number of halogens is 2. The molecule has 3 N–H and O–H groups in total. The first-order chi connectivity index (χ1) is 12.4. The van der Waals surface area contributed by atoms with E-state index in [4.69, 9.17) is 4.74 Å². The summed E-state index contributed by atoms with van der Waals surface area (Å²) < 4.78 is 31.8. The van der Waals surface area contributed by atoms with E-state index in [1.165, 1.54) is 31.4 Å². The van der Waals surface area contributed by atoms with Crippen LogP contribution in [-0.4, -0.2) is 30.2 Å². The van der Waals surface area contributed by atoms with Crippen molar-refractivity contribution in [3.8, 4) is 5.75 Å². The van der Waals surface area contributed by atoms with Gasteiger partial charge in [-0.2, -0.15) is 0 Å². The van der Waals surface area contributed by atoms with E-state index in [-0.39, 0.29) is 12.2 Å². The number of benzene rings is 1. The molecule has 0 spiro atoms. The molecule has 0 bridgehead atoms. The van der Waals surface area contributed by atoms with Crippen molar-refractivity contribution in [1.82, 2.24) is 5.32 Å². The number of amides is 2. The molecule has 1 aromatic carbocycles. The molecule has 2 aliphatic carbocycles. The summed E-state index contributed by atoms with van der Waals surface area (Å²) in [6.45, 7) is 0. The lowest BCUT2D eigenvalue weighted by Crippen LogP contribution is -2.40. The van der Waals surface area contributed by atoms with Crippen LogP contribution in [0.3, 0.4) is 0 Å². The van der Waals surface area contributed by atoms with Crippen molar-refractivity contribution in [3.05, 3.63) is 47.6 Å². The molecule has 1 unspecified atom stereocenters. The SMILES string of the molecule is COc1cc(NC(=O)C2(C(=O)NC3=CC=C(O)C(F)C3)CC2)ccc1F. The molecule has 1 fully saturated rings. The fourth-order valence-corrected chi connectivity index (χ4v) is 2.68. The van der Waals surface area contributed by atoms with Gasteiger partial charge in [0.2, 0.25) is 11.8 Å². The minimum absolute atomic E-state index is 0.0231. The van der Waals surface area contributed by atoms with Gasteiger partial charge < -0.3 is 20.5 Å². The molecule has 6 nitrogen and oxygen atoms in total. The zero-order chi connectivity index (χ0) is 18.9. The molecule has 0 radical (unpaired) electrons. The Bertz CT molecular complexity index is 815. The van der Waals surface area contributed by atoms with Crippen molar-refractivity contribution in [2.24, 2.45) is 5.41 Å². The largest absolute Gasteiger partial charge is 0.509 e. The summed E-state index contributed by atoms with van der Waals surface area (Å²) in [5.74, 6) is -2.03. The van der Waals surface area contributed by atoms with Crippen LogP contribution in [-0.2, 0) is 9.59 Å². The van der Waals surface area contributed by atoms with Crippen molar-refractivity contribution in [2.75, 3.05) is 12.4 Å². The number of alkyl halides is 1. The van der Waals surface area contributed by atoms with E-state index >= 15 is 0 Å². The zero-order valence-electron chi connectivity index (χ0n) is 14.0. The van der Waals surface area contributed by atoms with E-state index in [0.717, 1.165) is 6.07 Å². The van der Waals surface area contributed by atoms with Gasteiger partial charge in [-0.15, -0.1) is 0 Å². The van der Waals surface area contributed by atoms with Gasteiger partial charge in [-0.25, -0.2) is 8.78 Å². The highest BCUT2D eigenvalue weighted by atomic mass is 19.1. The zero-order valence-corrected chi connectivity index (χ0v) is 14.0. The molecule has 2 amide bonds. The molecule has 138 valence electrons. The van der Waals surface area contributed by atoms with E-state index in [1.807, 2.05) is 0 Å². The van der Waals surface area contributed by atoms with Crippen LogP contribution in [0.1, 0.15) is 19.3 Å². The second kappa shape index (κ2) is 6.78. The maximum Gasteiger partial charge on any atom is 0.240 e. The number of rotatable bonds is 5. The van der Waals surface area contributed by atoms with E-state index in [2.05, 4.69) is 10.6 Å². The van der Waals surface area contributed by atoms with Gasteiger partial charge in [-0.3, -0.25) is 9.59 Å². The third kappa shape index (κ3) is 3.40. The Morgan fingerprint density at radius 2 is 1.92 bits per heavy atom. The lowest BCUT2D eigenvalue weighted by Gasteiger charge is -2.20. The number of aliphatic hydroxyl groups excluding tert-OH is 1. The fraction of sp³-hybridized carbons (Fsp3) is 0.333. The third-order valence-electron chi connectivity index (χ3n) is 4.48. The van der Waals surface area contributed by atoms with Crippen molar-refractivity contribution >= 4 is 17.5 Å². The monoisotopic (exact) mass is 364 g/mol. The quantitative estimate of drug-likeness (QED) is 0.701. The Hall–Kier alpha value is -2.90. The van der Waals surface area contributed by atoms with E-state index in [1.54, 1.807) is 0 Å². The maximum absolute atomic E-state index is 13.5. The maximum atomic E-state index is 13.5. The van der Waals surface area contributed by atoms with Crippen LogP contribution in [0.2, 0.25) is 0 Å². The highest BCUT2D eigenvalue weighted by Crippen LogP contribution is 2.47. The molecule has 8 heteroatoms. The number of ether oxygens (including phenoxy) is 1. The molecular formula is C18H18F2N2O4. The van der Waals surface area contributed by atoms with Gasteiger partial charge in [0.15, 0.2) is 17.7 Å². The molecule has 0 aromatic heterocycles. The van der Waals surface area contributed by atoms with E-state index < -0.39 is 35.0 Å². The number of carbonyl (C=O) groups is 2. The summed E-state index contributed by atoms with van der Waals surface area (Å²) in [7, 11) is 1.31. The second-order valence-electron chi connectivity index (χ2n) is 6.29. The van der Waals surface area contributed by atoms with Crippen LogP contribution in [0.4, 0.5) is 14.5 Å². The first-order valence-electron chi connectivity index (χ1n) is 8.06. The van der Waals surface area contributed by atoms with Crippen molar-refractivity contribution in [2.45, 2.75) is 25.4 Å². The molecule has 0 saturated heterocycles. The normalized spacial score (nSPS) is 20.5. The summed E-state index contributed by atoms with van der Waals surface area (Å²) in [5.41, 5.74) is -0.638. The van der Waals surface area contributed by atoms with Crippen LogP contribution >= 0.6 is 0 Å². The molecule has 0 aliphatic heterocycles. The number of aliphatic hydroxyl groups is 1. The van der Waals surface area contributed by atoms with E-state index in [9.17, 15) is 23.5 Å².